The van der Waals surface area contributed by atoms with Gasteiger partial charge in [0.25, 0.3) is 0 Å². The van der Waals surface area contributed by atoms with Gasteiger partial charge in [0, 0.05) is 6.04 Å². The molecule has 0 heterocycles. The van der Waals surface area contributed by atoms with Crippen molar-refractivity contribution in [3.63, 3.8) is 0 Å². The molecule has 2 aliphatic rings. The van der Waals surface area contributed by atoms with E-state index in [4.69, 9.17) is 0 Å². The van der Waals surface area contributed by atoms with Gasteiger partial charge in [0.2, 0.25) is 0 Å². The van der Waals surface area contributed by atoms with E-state index in [0.29, 0.717) is 5.92 Å². The van der Waals surface area contributed by atoms with Crippen LogP contribution in [-0.2, 0) is 0 Å². The summed E-state index contributed by atoms with van der Waals surface area (Å²) in [7, 11) is 0. The highest BCUT2D eigenvalue weighted by atomic mass is 16.3. The molecule has 0 bridgehead atoms. The highest BCUT2D eigenvalue weighted by Gasteiger charge is 2.30. The average Bonchev–Trinajstić information content (AvgIpc) is 3.04. The molecule has 1 N–H and O–H groups in total. The van der Waals surface area contributed by atoms with Gasteiger partial charge < -0.3 is 10.0 Å². The fourth-order valence-corrected chi connectivity index (χ4v) is 2.96. The second-order valence-corrected chi connectivity index (χ2v) is 5.67. The summed E-state index contributed by atoms with van der Waals surface area (Å²) < 4.78 is 0. The molecule has 2 atom stereocenters. The summed E-state index contributed by atoms with van der Waals surface area (Å²) >= 11 is 0. The molecule has 2 nitrogen and oxygen atoms in total. The Hall–Kier alpha value is -0.0800. The highest BCUT2D eigenvalue weighted by Crippen LogP contribution is 2.31. The second kappa shape index (κ2) is 6.02. The third-order valence-electron chi connectivity index (χ3n) is 4.27. The Morgan fingerprint density at radius 3 is 2.50 bits per heavy atom. The first-order valence-electron chi connectivity index (χ1n) is 7.23. The third kappa shape index (κ3) is 3.46. The molecular weight excluding hydrogens is 198 g/mol. The van der Waals surface area contributed by atoms with Gasteiger partial charge in [-0.05, 0) is 57.5 Å². The zero-order valence-electron chi connectivity index (χ0n) is 10.7. The molecule has 0 aromatic heterocycles. The largest absolute Gasteiger partial charge is 0.393 e. The summed E-state index contributed by atoms with van der Waals surface area (Å²) in [5, 5.41) is 9.81. The van der Waals surface area contributed by atoms with Crippen molar-refractivity contribution < 1.29 is 5.11 Å². The van der Waals surface area contributed by atoms with E-state index in [1.54, 1.807) is 0 Å². The molecule has 0 aromatic rings. The highest BCUT2D eigenvalue weighted by molar-refractivity contribution is 4.86. The Balaban J connectivity index is 1.68. The Kier molecular flexibility index (Phi) is 4.66. The lowest BCUT2D eigenvalue weighted by atomic mass is 10.0. The van der Waals surface area contributed by atoms with Crippen LogP contribution in [0.1, 0.15) is 58.3 Å². The lowest BCUT2D eigenvalue weighted by Crippen LogP contribution is -2.30. The molecule has 2 rings (SSSR count). The second-order valence-electron chi connectivity index (χ2n) is 5.67. The molecule has 2 heteroatoms. The van der Waals surface area contributed by atoms with Crippen LogP contribution in [0.25, 0.3) is 0 Å². The van der Waals surface area contributed by atoms with Crippen LogP contribution in [0.15, 0.2) is 0 Å². The fourth-order valence-electron chi connectivity index (χ4n) is 2.96. The number of aliphatic hydroxyl groups excluding tert-OH is 1. The molecule has 94 valence electrons. The standard InChI is InChI=1S/C14H27NO/c1-2-3-10-15(13-7-8-13)11-9-12-5-4-6-14(12)16/h12-14,16H,2-11H2,1H3. The van der Waals surface area contributed by atoms with E-state index >= 15 is 0 Å². The van der Waals surface area contributed by atoms with Crippen LogP contribution in [0.4, 0.5) is 0 Å². The number of hydrogen-bond acceptors (Lipinski definition) is 2. The molecule has 0 aliphatic heterocycles. The van der Waals surface area contributed by atoms with Crippen molar-refractivity contribution in [2.75, 3.05) is 13.1 Å². The van der Waals surface area contributed by atoms with E-state index in [2.05, 4.69) is 11.8 Å². The maximum Gasteiger partial charge on any atom is 0.0568 e. The predicted octanol–water partition coefficient (Wildman–Crippen LogP) is 2.80. The van der Waals surface area contributed by atoms with E-state index in [9.17, 15) is 5.11 Å². The Bertz CT molecular complexity index is 203. The SMILES string of the molecule is CCCCN(CCC1CCCC1O)C1CC1. The Morgan fingerprint density at radius 2 is 1.94 bits per heavy atom. The molecule has 0 spiro atoms. The van der Waals surface area contributed by atoms with Gasteiger partial charge in [-0.25, -0.2) is 0 Å². The first-order valence-corrected chi connectivity index (χ1v) is 7.23. The summed E-state index contributed by atoms with van der Waals surface area (Å²) in [6.45, 7) is 4.78. The maximum absolute atomic E-state index is 9.81. The van der Waals surface area contributed by atoms with Crippen LogP contribution in [0.2, 0.25) is 0 Å². The van der Waals surface area contributed by atoms with Crippen molar-refractivity contribution in [3.05, 3.63) is 0 Å². The molecular formula is C14H27NO. The minimum absolute atomic E-state index is 0.00669. The molecule has 0 aromatic carbocycles. The lowest BCUT2D eigenvalue weighted by Gasteiger charge is -2.24. The summed E-state index contributed by atoms with van der Waals surface area (Å²) in [6, 6.07) is 0.894. The topological polar surface area (TPSA) is 23.5 Å². The lowest BCUT2D eigenvalue weighted by molar-refractivity contribution is 0.116. The van der Waals surface area contributed by atoms with Crippen LogP contribution in [0, 0.1) is 5.92 Å². The molecule has 2 saturated carbocycles. The molecule has 2 fully saturated rings. The number of unbranched alkanes of at least 4 members (excludes halogenated alkanes) is 1. The van der Waals surface area contributed by atoms with E-state index in [-0.39, 0.29) is 6.10 Å². The van der Waals surface area contributed by atoms with Crippen LogP contribution in [0.3, 0.4) is 0 Å². The minimum Gasteiger partial charge on any atom is -0.393 e. The van der Waals surface area contributed by atoms with Crippen LogP contribution in [0.5, 0.6) is 0 Å². The number of nitrogens with zero attached hydrogens (tertiary/aromatic N) is 1. The van der Waals surface area contributed by atoms with E-state index in [0.717, 1.165) is 12.5 Å². The Morgan fingerprint density at radius 1 is 1.12 bits per heavy atom. The first kappa shape index (κ1) is 12.4. The zero-order valence-corrected chi connectivity index (χ0v) is 10.7. The van der Waals surface area contributed by atoms with E-state index < -0.39 is 0 Å². The summed E-state index contributed by atoms with van der Waals surface area (Å²) in [5.74, 6) is 0.600. The van der Waals surface area contributed by atoms with Crippen LogP contribution >= 0.6 is 0 Å². The normalized spacial score (nSPS) is 30.2. The maximum atomic E-state index is 9.81. The monoisotopic (exact) mass is 225 g/mol. The van der Waals surface area contributed by atoms with Gasteiger partial charge in [0.05, 0.1) is 6.10 Å². The average molecular weight is 225 g/mol. The van der Waals surface area contributed by atoms with E-state index in [1.165, 1.54) is 58.0 Å². The Labute approximate surface area is 100 Å². The van der Waals surface area contributed by atoms with Gasteiger partial charge in [-0.2, -0.15) is 0 Å². The molecule has 16 heavy (non-hydrogen) atoms. The zero-order chi connectivity index (χ0) is 11.4. The van der Waals surface area contributed by atoms with Crippen molar-refractivity contribution >= 4 is 0 Å². The summed E-state index contributed by atoms with van der Waals surface area (Å²) in [6.07, 6.45) is 10.2. The fraction of sp³-hybridized carbons (Fsp3) is 1.00. The molecule has 0 radical (unpaired) electrons. The summed E-state index contributed by atoms with van der Waals surface area (Å²) in [4.78, 5) is 2.68. The van der Waals surface area contributed by atoms with Gasteiger partial charge in [-0.3, -0.25) is 0 Å². The van der Waals surface area contributed by atoms with Gasteiger partial charge in [-0.1, -0.05) is 19.8 Å². The van der Waals surface area contributed by atoms with Crippen LogP contribution < -0.4 is 0 Å². The van der Waals surface area contributed by atoms with Crippen molar-refractivity contribution in [2.24, 2.45) is 5.92 Å². The van der Waals surface area contributed by atoms with E-state index in [1.807, 2.05) is 0 Å². The first-order chi connectivity index (χ1) is 7.81. The predicted molar refractivity (Wildman–Crippen MR) is 67.5 cm³/mol. The van der Waals surface area contributed by atoms with Crippen molar-refractivity contribution in [3.8, 4) is 0 Å². The minimum atomic E-state index is 0.00669. The van der Waals surface area contributed by atoms with Crippen molar-refractivity contribution in [1.82, 2.24) is 4.90 Å². The number of aliphatic hydroxyl groups is 1. The quantitative estimate of drug-likeness (QED) is 0.720. The molecule has 0 amide bonds. The molecule has 2 unspecified atom stereocenters. The molecule has 2 aliphatic carbocycles. The van der Waals surface area contributed by atoms with Gasteiger partial charge in [0.15, 0.2) is 0 Å². The number of hydrogen-bond donors (Lipinski definition) is 1. The van der Waals surface area contributed by atoms with Gasteiger partial charge in [0.1, 0.15) is 0 Å². The smallest absolute Gasteiger partial charge is 0.0568 e. The van der Waals surface area contributed by atoms with Crippen molar-refractivity contribution in [1.29, 1.82) is 0 Å². The van der Waals surface area contributed by atoms with Gasteiger partial charge >= 0.3 is 0 Å². The van der Waals surface area contributed by atoms with Gasteiger partial charge in [-0.15, -0.1) is 0 Å². The third-order valence-corrected chi connectivity index (χ3v) is 4.27. The van der Waals surface area contributed by atoms with Crippen LogP contribution in [-0.4, -0.2) is 35.2 Å². The molecule has 0 saturated heterocycles. The van der Waals surface area contributed by atoms with Crippen molar-refractivity contribution in [2.45, 2.75) is 70.4 Å². The number of rotatable bonds is 7. The summed E-state index contributed by atoms with van der Waals surface area (Å²) in [5.41, 5.74) is 0.